The molecular formula is C65H44BN5. The molecule has 0 amide bonds. The van der Waals surface area contributed by atoms with Crippen molar-refractivity contribution in [3.8, 4) is 50.7 Å². The minimum absolute atomic E-state index is 0.0530. The number of nitrogens with zero attached hydrogens (tertiary/aromatic N) is 5. The number of hydrogen-bond acceptors (Lipinski definition) is 4. The molecule has 14 rings (SSSR count). The maximum atomic E-state index is 5.23. The van der Waals surface area contributed by atoms with Crippen molar-refractivity contribution in [1.82, 2.24) is 14.5 Å². The summed E-state index contributed by atoms with van der Waals surface area (Å²) in [6.45, 7) is 2.22. The number of aromatic nitrogens is 3. The van der Waals surface area contributed by atoms with Gasteiger partial charge in [0, 0.05) is 67.3 Å². The number of anilines is 6. The fraction of sp³-hybridized carbons (Fsp3) is 0.0154. The maximum Gasteiger partial charge on any atom is 0.252 e. The first-order valence-electron chi connectivity index (χ1n) is 24.3. The Bertz CT molecular complexity index is 3850. The van der Waals surface area contributed by atoms with Gasteiger partial charge < -0.3 is 14.4 Å². The van der Waals surface area contributed by atoms with E-state index >= 15 is 0 Å². The molecule has 0 saturated heterocycles. The Hall–Kier alpha value is -9.26. The van der Waals surface area contributed by atoms with Gasteiger partial charge >= 0.3 is 0 Å². The number of rotatable bonds is 7. The van der Waals surface area contributed by atoms with Crippen LogP contribution in [-0.2, 0) is 0 Å². The van der Waals surface area contributed by atoms with Crippen LogP contribution in [0.5, 0.6) is 0 Å². The Labute approximate surface area is 413 Å². The predicted octanol–water partition coefficient (Wildman–Crippen LogP) is 14.6. The first-order valence-corrected chi connectivity index (χ1v) is 24.3. The second-order valence-electron chi connectivity index (χ2n) is 18.7. The van der Waals surface area contributed by atoms with E-state index in [0.717, 1.165) is 72.9 Å². The van der Waals surface area contributed by atoms with Gasteiger partial charge in [-0.15, -0.1) is 0 Å². The Morgan fingerprint density at radius 2 is 0.845 bits per heavy atom. The standard InChI is InChI=1S/C65H44BN5/c1-43-36-48(65-67-56(44-20-6-2-7-21-44)42-57(68-65)45-22-8-3-9-23-45)38-51(37-43)71-58-31-17-14-28-52(58)53-39-46(34-35-59(53)71)47-40-62-64-63(41-47)70(50-26-12-5-13-27-50)61-33-19-16-30-55(61)66(64)54-29-15-18-32-60(54)69(62)49-24-10-4-11-25-49/h2-42H,1H3. The average molecular weight is 906 g/mol. The van der Waals surface area contributed by atoms with Crippen LogP contribution >= 0.6 is 0 Å². The van der Waals surface area contributed by atoms with Crippen LogP contribution in [-0.4, -0.2) is 21.2 Å². The van der Waals surface area contributed by atoms with Crippen molar-refractivity contribution in [2.45, 2.75) is 6.92 Å². The summed E-state index contributed by atoms with van der Waals surface area (Å²) in [5.74, 6) is 0.691. The second kappa shape index (κ2) is 16.5. The lowest BCUT2D eigenvalue weighted by Gasteiger charge is -2.44. The molecule has 0 radical (unpaired) electrons. The predicted molar refractivity (Wildman–Crippen MR) is 297 cm³/mol. The zero-order valence-corrected chi connectivity index (χ0v) is 39.0. The molecule has 12 aromatic rings. The van der Waals surface area contributed by atoms with E-state index in [9.17, 15) is 0 Å². The third-order valence-electron chi connectivity index (χ3n) is 14.4. The molecular weight excluding hydrogens is 862 g/mol. The summed E-state index contributed by atoms with van der Waals surface area (Å²) >= 11 is 0. The molecule has 5 nitrogen and oxygen atoms in total. The molecule has 6 heteroatoms. The Balaban J connectivity index is 0.968. The van der Waals surface area contributed by atoms with E-state index in [1.165, 1.54) is 49.9 Å². The van der Waals surface area contributed by atoms with Crippen molar-refractivity contribution in [2.75, 3.05) is 9.80 Å². The van der Waals surface area contributed by atoms with Crippen molar-refractivity contribution >= 4 is 79.0 Å². The smallest absolute Gasteiger partial charge is 0.252 e. The number of benzene rings is 10. The lowest BCUT2D eigenvalue weighted by molar-refractivity contribution is 1.15. The van der Waals surface area contributed by atoms with Gasteiger partial charge in [-0.3, -0.25) is 0 Å². The molecule has 71 heavy (non-hydrogen) atoms. The van der Waals surface area contributed by atoms with Gasteiger partial charge in [0.15, 0.2) is 5.82 Å². The van der Waals surface area contributed by atoms with Crippen LogP contribution in [0.4, 0.5) is 34.1 Å². The number of aryl methyl sites for hydroxylation is 1. The van der Waals surface area contributed by atoms with Gasteiger partial charge in [0.1, 0.15) is 0 Å². The summed E-state index contributed by atoms with van der Waals surface area (Å²) in [6.07, 6.45) is 0. The summed E-state index contributed by atoms with van der Waals surface area (Å²) in [4.78, 5) is 15.4. The van der Waals surface area contributed by atoms with E-state index in [0.29, 0.717) is 5.82 Å². The van der Waals surface area contributed by atoms with E-state index in [1.807, 2.05) is 12.1 Å². The topological polar surface area (TPSA) is 37.2 Å². The highest BCUT2D eigenvalue weighted by Crippen LogP contribution is 2.47. The third kappa shape index (κ3) is 6.71. The van der Waals surface area contributed by atoms with Crippen molar-refractivity contribution in [3.05, 3.63) is 254 Å². The van der Waals surface area contributed by atoms with Crippen LogP contribution in [0.2, 0.25) is 0 Å². The lowest BCUT2D eigenvalue weighted by atomic mass is 9.33. The van der Waals surface area contributed by atoms with Gasteiger partial charge in [0.2, 0.25) is 0 Å². The summed E-state index contributed by atoms with van der Waals surface area (Å²) in [7, 11) is 0. The minimum Gasteiger partial charge on any atom is -0.311 e. The Morgan fingerprint density at radius 1 is 0.338 bits per heavy atom. The van der Waals surface area contributed by atoms with Crippen LogP contribution in [0, 0.1) is 6.92 Å². The van der Waals surface area contributed by atoms with E-state index < -0.39 is 0 Å². The fourth-order valence-corrected chi connectivity index (χ4v) is 11.3. The molecule has 0 saturated carbocycles. The molecule has 0 fully saturated rings. The molecule has 332 valence electrons. The van der Waals surface area contributed by atoms with Gasteiger partial charge in [-0.2, -0.15) is 0 Å². The largest absolute Gasteiger partial charge is 0.311 e. The molecule has 0 N–H and O–H groups in total. The molecule has 2 aliphatic heterocycles. The number of hydrogen-bond donors (Lipinski definition) is 0. The second-order valence-corrected chi connectivity index (χ2v) is 18.7. The van der Waals surface area contributed by atoms with Crippen LogP contribution in [0.25, 0.3) is 72.5 Å². The van der Waals surface area contributed by atoms with Gasteiger partial charge in [-0.05, 0) is 131 Å². The molecule has 2 aliphatic rings. The zero-order chi connectivity index (χ0) is 47.0. The van der Waals surface area contributed by atoms with Crippen LogP contribution in [0.3, 0.4) is 0 Å². The SMILES string of the molecule is Cc1cc(-c2nc(-c3ccccc3)cc(-c3ccccc3)n2)cc(-n2c3ccccc3c3cc(-c4cc5c6c(c4)N(c4ccccc4)c4ccccc4B6c4ccccc4N5c4ccccc4)ccc32)c1. The first-order chi connectivity index (χ1) is 35.1. The van der Waals surface area contributed by atoms with Crippen molar-refractivity contribution in [3.63, 3.8) is 0 Å². The monoisotopic (exact) mass is 905 g/mol. The number of fused-ring (bicyclic) bond motifs is 7. The van der Waals surface area contributed by atoms with Crippen molar-refractivity contribution in [2.24, 2.45) is 0 Å². The quantitative estimate of drug-likeness (QED) is 0.149. The third-order valence-corrected chi connectivity index (χ3v) is 14.4. The van der Waals surface area contributed by atoms with Crippen LogP contribution < -0.4 is 26.2 Å². The lowest BCUT2D eigenvalue weighted by Crippen LogP contribution is -2.61. The van der Waals surface area contributed by atoms with E-state index in [-0.39, 0.29) is 6.71 Å². The molecule has 0 spiro atoms. The van der Waals surface area contributed by atoms with Gasteiger partial charge in [-0.25, -0.2) is 9.97 Å². The van der Waals surface area contributed by atoms with Gasteiger partial charge in [0.25, 0.3) is 6.71 Å². The van der Waals surface area contributed by atoms with Crippen LogP contribution in [0.1, 0.15) is 5.56 Å². The molecule has 10 aromatic carbocycles. The average Bonchev–Trinajstić information content (AvgIpc) is 3.77. The molecule has 0 bridgehead atoms. The maximum absolute atomic E-state index is 5.23. The van der Waals surface area contributed by atoms with E-state index in [2.05, 4.69) is 258 Å². The van der Waals surface area contributed by atoms with Gasteiger partial charge in [-0.1, -0.05) is 158 Å². The van der Waals surface area contributed by atoms with Crippen molar-refractivity contribution in [1.29, 1.82) is 0 Å². The highest BCUT2D eigenvalue weighted by Gasteiger charge is 2.43. The highest BCUT2D eigenvalue weighted by atomic mass is 15.2. The first kappa shape index (κ1) is 40.8. The van der Waals surface area contributed by atoms with E-state index in [1.54, 1.807) is 0 Å². The molecule has 0 unspecified atom stereocenters. The fourth-order valence-electron chi connectivity index (χ4n) is 11.3. The normalized spacial score (nSPS) is 12.5. The minimum atomic E-state index is 0.0530. The van der Waals surface area contributed by atoms with Crippen molar-refractivity contribution < 1.29 is 0 Å². The Kier molecular flexibility index (Phi) is 9.46. The van der Waals surface area contributed by atoms with Gasteiger partial charge in [0.05, 0.1) is 22.4 Å². The molecule has 2 aromatic heterocycles. The summed E-state index contributed by atoms with van der Waals surface area (Å²) in [5, 5.41) is 2.38. The molecule has 0 aliphatic carbocycles. The number of para-hydroxylation sites is 5. The van der Waals surface area contributed by atoms with E-state index in [4.69, 9.17) is 9.97 Å². The summed E-state index contributed by atoms with van der Waals surface area (Å²) < 4.78 is 2.41. The Morgan fingerprint density at radius 3 is 1.44 bits per heavy atom. The highest BCUT2D eigenvalue weighted by molar-refractivity contribution is 7.00. The van der Waals surface area contributed by atoms with Crippen LogP contribution in [0.15, 0.2) is 249 Å². The summed E-state index contributed by atoms with van der Waals surface area (Å²) in [6, 6.07) is 90.0. The summed E-state index contributed by atoms with van der Waals surface area (Å²) in [5.41, 5.74) is 22.6. The molecule has 4 heterocycles. The zero-order valence-electron chi connectivity index (χ0n) is 39.0. The molecule has 0 atom stereocenters.